The van der Waals surface area contributed by atoms with E-state index >= 15 is 0 Å². The lowest BCUT2D eigenvalue weighted by atomic mass is 10.1. The van der Waals surface area contributed by atoms with Crippen molar-refractivity contribution in [2.75, 3.05) is 11.9 Å². The number of anilines is 1. The highest BCUT2D eigenvalue weighted by Gasteiger charge is 1.99. The normalized spacial score (nSPS) is 10.2. The predicted molar refractivity (Wildman–Crippen MR) is 67.9 cm³/mol. The number of nitrogens with zero attached hydrogens (tertiary/aromatic N) is 3. The fourth-order valence-corrected chi connectivity index (χ4v) is 1.51. The van der Waals surface area contributed by atoms with Crippen LogP contribution in [0.5, 0.6) is 0 Å². The Morgan fingerprint density at radius 3 is 2.53 bits per heavy atom. The zero-order chi connectivity index (χ0) is 11.9. The molecule has 0 saturated heterocycles. The Bertz CT molecular complexity index is 439. The summed E-state index contributed by atoms with van der Waals surface area (Å²) in [4.78, 5) is 3.99. The van der Waals surface area contributed by atoms with E-state index in [9.17, 15) is 0 Å². The van der Waals surface area contributed by atoms with E-state index in [1.165, 1.54) is 5.56 Å². The zero-order valence-corrected chi connectivity index (χ0v) is 9.93. The number of aromatic nitrogens is 3. The van der Waals surface area contributed by atoms with Gasteiger partial charge in [-0.2, -0.15) is 5.10 Å². The number of rotatable bonds is 5. The van der Waals surface area contributed by atoms with Crippen LogP contribution in [0.3, 0.4) is 0 Å². The SMILES string of the molecule is CCCNc1ccc(Cc2ccncc2)nn1. The van der Waals surface area contributed by atoms with Crippen LogP contribution in [0.4, 0.5) is 5.82 Å². The quantitative estimate of drug-likeness (QED) is 0.853. The second-order valence-corrected chi connectivity index (χ2v) is 3.87. The summed E-state index contributed by atoms with van der Waals surface area (Å²) in [6.45, 7) is 3.05. The van der Waals surface area contributed by atoms with Gasteiger partial charge in [-0.3, -0.25) is 4.98 Å². The van der Waals surface area contributed by atoms with Gasteiger partial charge in [-0.25, -0.2) is 0 Å². The van der Waals surface area contributed by atoms with Crippen LogP contribution in [0.2, 0.25) is 0 Å². The topological polar surface area (TPSA) is 50.7 Å². The van der Waals surface area contributed by atoms with E-state index in [0.717, 1.165) is 30.9 Å². The van der Waals surface area contributed by atoms with Crippen LogP contribution >= 0.6 is 0 Å². The van der Waals surface area contributed by atoms with Crippen LogP contribution in [-0.4, -0.2) is 21.7 Å². The van der Waals surface area contributed by atoms with E-state index in [1.807, 2.05) is 24.3 Å². The predicted octanol–water partition coefficient (Wildman–Crippen LogP) is 2.28. The Kier molecular flexibility index (Phi) is 4.02. The Balaban J connectivity index is 1.98. The van der Waals surface area contributed by atoms with Crippen LogP contribution in [0, 0.1) is 0 Å². The van der Waals surface area contributed by atoms with Gasteiger partial charge >= 0.3 is 0 Å². The molecule has 2 heterocycles. The molecule has 0 aliphatic rings. The van der Waals surface area contributed by atoms with Crippen molar-refractivity contribution in [1.82, 2.24) is 15.2 Å². The number of nitrogens with one attached hydrogen (secondary N) is 1. The Morgan fingerprint density at radius 1 is 1.06 bits per heavy atom. The molecule has 0 atom stereocenters. The molecule has 0 bridgehead atoms. The fourth-order valence-electron chi connectivity index (χ4n) is 1.51. The van der Waals surface area contributed by atoms with Gasteiger partial charge in [0.25, 0.3) is 0 Å². The molecule has 0 fully saturated rings. The number of hydrogen-bond donors (Lipinski definition) is 1. The minimum absolute atomic E-state index is 0.795. The molecule has 4 nitrogen and oxygen atoms in total. The summed E-state index contributed by atoms with van der Waals surface area (Å²) in [7, 11) is 0. The van der Waals surface area contributed by atoms with Gasteiger partial charge in [-0.05, 0) is 36.2 Å². The molecular weight excluding hydrogens is 212 g/mol. The minimum atomic E-state index is 0.795. The minimum Gasteiger partial charge on any atom is -0.369 e. The van der Waals surface area contributed by atoms with Gasteiger partial charge in [0, 0.05) is 25.4 Å². The summed E-state index contributed by atoms with van der Waals surface area (Å²) in [5, 5.41) is 11.5. The molecule has 0 aliphatic heterocycles. The summed E-state index contributed by atoms with van der Waals surface area (Å²) in [6.07, 6.45) is 5.46. The molecule has 0 amide bonds. The molecule has 2 rings (SSSR count). The van der Waals surface area contributed by atoms with Crippen molar-refractivity contribution in [3.63, 3.8) is 0 Å². The first kappa shape index (κ1) is 11.5. The summed E-state index contributed by atoms with van der Waals surface area (Å²) in [5.74, 6) is 0.838. The number of hydrogen-bond acceptors (Lipinski definition) is 4. The zero-order valence-electron chi connectivity index (χ0n) is 9.93. The Morgan fingerprint density at radius 2 is 1.88 bits per heavy atom. The lowest BCUT2D eigenvalue weighted by Gasteiger charge is -2.04. The monoisotopic (exact) mass is 228 g/mol. The third kappa shape index (κ3) is 3.52. The van der Waals surface area contributed by atoms with Crippen molar-refractivity contribution >= 4 is 5.82 Å². The summed E-state index contributed by atoms with van der Waals surface area (Å²) in [6, 6.07) is 7.96. The lowest BCUT2D eigenvalue weighted by Crippen LogP contribution is -2.04. The highest BCUT2D eigenvalue weighted by Crippen LogP contribution is 2.07. The van der Waals surface area contributed by atoms with Crippen LogP contribution in [0.25, 0.3) is 0 Å². The second-order valence-electron chi connectivity index (χ2n) is 3.87. The maximum Gasteiger partial charge on any atom is 0.148 e. The van der Waals surface area contributed by atoms with Gasteiger partial charge in [-0.15, -0.1) is 5.10 Å². The Labute approximate surface area is 101 Å². The van der Waals surface area contributed by atoms with E-state index in [0.29, 0.717) is 0 Å². The second kappa shape index (κ2) is 5.94. The average molecular weight is 228 g/mol. The van der Waals surface area contributed by atoms with Crippen molar-refractivity contribution < 1.29 is 0 Å². The first-order valence-electron chi connectivity index (χ1n) is 5.84. The van der Waals surface area contributed by atoms with E-state index in [1.54, 1.807) is 12.4 Å². The van der Waals surface area contributed by atoms with Gasteiger partial charge in [-0.1, -0.05) is 6.92 Å². The molecule has 0 aliphatic carbocycles. The molecular formula is C13H16N4. The summed E-state index contributed by atoms with van der Waals surface area (Å²) >= 11 is 0. The molecule has 0 radical (unpaired) electrons. The molecule has 1 N–H and O–H groups in total. The van der Waals surface area contributed by atoms with Gasteiger partial charge in [0.05, 0.1) is 5.69 Å². The molecule has 4 heteroatoms. The maximum atomic E-state index is 4.19. The van der Waals surface area contributed by atoms with Gasteiger partial charge < -0.3 is 5.32 Å². The van der Waals surface area contributed by atoms with E-state index in [4.69, 9.17) is 0 Å². The summed E-state index contributed by atoms with van der Waals surface area (Å²) in [5.41, 5.74) is 2.17. The van der Waals surface area contributed by atoms with Crippen molar-refractivity contribution in [2.45, 2.75) is 19.8 Å². The van der Waals surface area contributed by atoms with E-state index in [-0.39, 0.29) is 0 Å². The molecule has 2 aromatic rings. The largest absolute Gasteiger partial charge is 0.369 e. The molecule has 0 saturated carbocycles. The molecule has 88 valence electrons. The van der Waals surface area contributed by atoms with Crippen molar-refractivity contribution in [1.29, 1.82) is 0 Å². The van der Waals surface area contributed by atoms with E-state index < -0.39 is 0 Å². The van der Waals surface area contributed by atoms with Crippen molar-refractivity contribution in [2.24, 2.45) is 0 Å². The highest BCUT2D eigenvalue weighted by molar-refractivity contribution is 5.33. The maximum absolute atomic E-state index is 4.19. The molecule has 17 heavy (non-hydrogen) atoms. The standard InChI is InChI=1S/C13H16N4/c1-2-7-15-13-4-3-12(16-17-13)10-11-5-8-14-9-6-11/h3-6,8-9H,2,7,10H2,1H3,(H,15,17). The first-order valence-corrected chi connectivity index (χ1v) is 5.84. The third-order valence-corrected chi connectivity index (χ3v) is 2.41. The highest BCUT2D eigenvalue weighted by atomic mass is 15.2. The van der Waals surface area contributed by atoms with Crippen molar-refractivity contribution in [3.8, 4) is 0 Å². The van der Waals surface area contributed by atoms with Crippen molar-refractivity contribution in [3.05, 3.63) is 47.9 Å². The van der Waals surface area contributed by atoms with Crippen LogP contribution in [0.1, 0.15) is 24.6 Å². The Hall–Kier alpha value is -1.97. The molecule has 0 aromatic carbocycles. The molecule has 0 unspecified atom stereocenters. The van der Waals surface area contributed by atoms with Gasteiger partial charge in [0.2, 0.25) is 0 Å². The fraction of sp³-hybridized carbons (Fsp3) is 0.308. The molecule has 0 spiro atoms. The summed E-state index contributed by atoms with van der Waals surface area (Å²) < 4.78 is 0. The first-order chi connectivity index (χ1) is 8.38. The van der Waals surface area contributed by atoms with Gasteiger partial charge in [0.15, 0.2) is 0 Å². The van der Waals surface area contributed by atoms with Crippen LogP contribution < -0.4 is 5.32 Å². The van der Waals surface area contributed by atoms with Gasteiger partial charge in [0.1, 0.15) is 5.82 Å². The van der Waals surface area contributed by atoms with E-state index in [2.05, 4.69) is 27.4 Å². The van der Waals surface area contributed by atoms with Crippen LogP contribution in [-0.2, 0) is 6.42 Å². The smallest absolute Gasteiger partial charge is 0.148 e. The average Bonchev–Trinajstić information content (AvgIpc) is 2.39. The lowest BCUT2D eigenvalue weighted by molar-refractivity contribution is 0.909. The third-order valence-electron chi connectivity index (χ3n) is 2.41. The molecule has 2 aromatic heterocycles. The number of pyridine rings is 1. The van der Waals surface area contributed by atoms with Crippen LogP contribution in [0.15, 0.2) is 36.7 Å².